The van der Waals surface area contributed by atoms with Gasteiger partial charge in [0.15, 0.2) is 0 Å². The quantitative estimate of drug-likeness (QED) is 0.418. The highest BCUT2D eigenvalue weighted by molar-refractivity contribution is 6.21. The van der Waals surface area contributed by atoms with E-state index in [1.54, 1.807) is 0 Å². The van der Waals surface area contributed by atoms with Crippen molar-refractivity contribution in [3.05, 3.63) is 0 Å². The first-order chi connectivity index (χ1) is 6.51. The molecule has 0 aliphatic heterocycles. The Hall–Kier alpha value is -1.63. The molecular weight excluding hydrogens is 206 g/mol. The van der Waals surface area contributed by atoms with Crippen molar-refractivity contribution in [3.63, 3.8) is 0 Å². The number of nitrogens with two attached hydrogens (primary N) is 1. The Balaban J connectivity index is 5.06. The molecule has 15 heavy (non-hydrogen) atoms. The fourth-order valence-corrected chi connectivity index (χ4v) is 0.625. The van der Waals surface area contributed by atoms with Gasteiger partial charge in [-0.2, -0.15) is 0 Å². The molecule has 0 saturated heterocycles. The lowest BCUT2D eigenvalue weighted by Crippen LogP contribution is -2.62. The summed E-state index contributed by atoms with van der Waals surface area (Å²) in [5, 5.41) is 17.1. The number of carboxylic acids is 2. The summed E-state index contributed by atoms with van der Waals surface area (Å²) >= 11 is 0. The van der Waals surface area contributed by atoms with Crippen molar-refractivity contribution in [2.45, 2.75) is 31.9 Å². The summed E-state index contributed by atoms with van der Waals surface area (Å²) in [5.41, 5.74) is 0.891. The maximum absolute atomic E-state index is 11.3. The predicted octanol–water partition coefficient (Wildman–Crippen LogP) is -0.805. The molecule has 0 amide bonds. The number of carbonyl (C=O) groups is 3. The molecule has 0 aliphatic rings. The number of hydrogen-bond donors (Lipinski definition) is 3. The molecule has 0 radical (unpaired) electrons. The zero-order chi connectivity index (χ0) is 12.4. The van der Waals surface area contributed by atoms with Gasteiger partial charge in [0.1, 0.15) is 5.60 Å². The van der Waals surface area contributed by atoms with Crippen molar-refractivity contribution in [3.8, 4) is 0 Å². The molecule has 0 aliphatic carbocycles. The van der Waals surface area contributed by atoms with Crippen molar-refractivity contribution in [1.82, 2.24) is 0 Å². The van der Waals surface area contributed by atoms with Crippen LogP contribution in [-0.4, -0.2) is 39.3 Å². The number of aliphatic carboxylic acids is 2. The Morgan fingerprint density at radius 3 is 1.60 bits per heavy atom. The average Bonchev–Trinajstić information content (AvgIpc) is 1.98. The summed E-state index contributed by atoms with van der Waals surface area (Å²) in [6.45, 7) is 4.40. The van der Waals surface area contributed by atoms with Crippen LogP contribution in [0.2, 0.25) is 0 Å². The van der Waals surface area contributed by atoms with Crippen LogP contribution in [0.3, 0.4) is 0 Å². The second kappa shape index (κ2) is 3.85. The lowest BCUT2D eigenvalue weighted by Gasteiger charge is -2.25. The van der Waals surface area contributed by atoms with Crippen LogP contribution in [0.1, 0.15) is 20.8 Å². The highest BCUT2D eigenvalue weighted by atomic mass is 16.6. The summed E-state index contributed by atoms with van der Waals surface area (Å²) in [7, 11) is 0. The first-order valence-electron chi connectivity index (χ1n) is 4.01. The molecule has 0 spiro atoms. The van der Waals surface area contributed by atoms with Gasteiger partial charge in [0, 0.05) is 0 Å². The Morgan fingerprint density at radius 2 is 1.40 bits per heavy atom. The second-order valence-electron chi connectivity index (χ2n) is 3.92. The van der Waals surface area contributed by atoms with Gasteiger partial charge in [-0.05, 0) is 20.8 Å². The van der Waals surface area contributed by atoms with Crippen LogP contribution >= 0.6 is 0 Å². The van der Waals surface area contributed by atoms with E-state index in [2.05, 4.69) is 4.74 Å². The highest BCUT2D eigenvalue weighted by Crippen LogP contribution is 2.13. The molecule has 4 N–H and O–H groups in total. The van der Waals surface area contributed by atoms with Crippen molar-refractivity contribution in [2.24, 2.45) is 5.73 Å². The summed E-state index contributed by atoms with van der Waals surface area (Å²) in [5.74, 6) is -5.44. The molecule has 0 bridgehead atoms. The first kappa shape index (κ1) is 13.4. The molecule has 0 fully saturated rings. The van der Waals surface area contributed by atoms with Crippen LogP contribution in [0.25, 0.3) is 0 Å². The normalized spacial score (nSPS) is 12.0. The van der Waals surface area contributed by atoms with Crippen LogP contribution in [0.5, 0.6) is 0 Å². The van der Waals surface area contributed by atoms with Gasteiger partial charge in [-0.3, -0.25) is 5.73 Å². The fourth-order valence-electron chi connectivity index (χ4n) is 0.625. The molecule has 0 unspecified atom stereocenters. The molecule has 0 saturated carbocycles. The summed E-state index contributed by atoms with van der Waals surface area (Å²) in [6, 6.07) is 0. The summed E-state index contributed by atoms with van der Waals surface area (Å²) < 4.78 is 4.60. The molecule has 86 valence electrons. The number of hydrogen-bond acceptors (Lipinski definition) is 5. The topological polar surface area (TPSA) is 127 Å². The third kappa shape index (κ3) is 2.91. The third-order valence-corrected chi connectivity index (χ3v) is 1.40. The Kier molecular flexibility index (Phi) is 3.44. The van der Waals surface area contributed by atoms with Crippen LogP contribution in [-0.2, 0) is 19.1 Å². The average molecular weight is 219 g/mol. The minimum absolute atomic E-state index is 1.01. The van der Waals surface area contributed by atoms with E-state index in [9.17, 15) is 14.4 Å². The molecule has 0 heterocycles. The smallest absolute Gasteiger partial charge is 0.350 e. The van der Waals surface area contributed by atoms with E-state index in [4.69, 9.17) is 15.9 Å². The maximum atomic E-state index is 11.3. The van der Waals surface area contributed by atoms with Crippen LogP contribution < -0.4 is 5.73 Å². The molecule has 7 nitrogen and oxygen atoms in total. The van der Waals surface area contributed by atoms with E-state index in [0.29, 0.717) is 0 Å². The van der Waals surface area contributed by atoms with Gasteiger partial charge in [-0.25, -0.2) is 14.4 Å². The lowest BCUT2D eigenvalue weighted by molar-refractivity contribution is -0.175. The van der Waals surface area contributed by atoms with E-state index in [1.807, 2.05) is 0 Å². The first-order valence-corrected chi connectivity index (χ1v) is 4.01. The summed E-state index contributed by atoms with van der Waals surface area (Å²) in [4.78, 5) is 32.4. The SMILES string of the molecule is CC(C)(C)OC(=O)C(N)(C(=O)O)C(=O)O. The lowest BCUT2D eigenvalue weighted by atomic mass is 10.0. The standard InChI is InChI=1S/C8H13NO6/c1-7(2,3)15-6(14)8(9,4(10)11)5(12)13/h9H2,1-3H3,(H,10,11)(H,12,13). The van der Waals surface area contributed by atoms with Gasteiger partial charge in [0.25, 0.3) is 0 Å². The van der Waals surface area contributed by atoms with Gasteiger partial charge >= 0.3 is 23.4 Å². The number of carboxylic acid groups (broad SMARTS) is 2. The Labute approximate surface area is 85.8 Å². The largest absolute Gasteiger partial charge is 0.479 e. The molecule has 0 aromatic rings. The molecular formula is C8H13NO6. The fraction of sp³-hybridized carbons (Fsp3) is 0.625. The second-order valence-corrected chi connectivity index (χ2v) is 3.92. The minimum Gasteiger partial charge on any atom is -0.479 e. The zero-order valence-corrected chi connectivity index (χ0v) is 8.60. The van der Waals surface area contributed by atoms with Crippen LogP contribution in [0.15, 0.2) is 0 Å². The van der Waals surface area contributed by atoms with Crippen molar-refractivity contribution >= 4 is 17.9 Å². The molecule has 0 rings (SSSR count). The van der Waals surface area contributed by atoms with Crippen molar-refractivity contribution in [1.29, 1.82) is 0 Å². The molecule has 0 aromatic heterocycles. The molecule has 0 aromatic carbocycles. The van der Waals surface area contributed by atoms with E-state index in [1.165, 1.54) is 20.8 Å². The van der Waals surface area contributed by atoms with Gasteiger partial charge in [0.2, 0.25) is 0 Å². The van der Waals surface area contributed by atoms with Crippen molar-refractivity contribution < 1.29 is 29.3 Å². The Bertz CT molecular complexity index is 289. The van der Waals surface area contributed by atoms with Gasteiger partial charge in [0.05, 0.1) is 0 Å². The van der Waals surface area contributed by atoms with Crippen LogP contribution in [0.4, 0.5) is 0 Å². The third-order valence-electron chi connectivity index (χ3n) is 1.40. The summed E-state index contributed by atoms with van der Waals surface area (Å²) in [6.07, 6.45) is 0. The van der Waals surface area contributed by atoms with Gasteiger partial charge in [-0.1, -0.05) is 0 Å². The number of ether oxygens (including phenoxy) is 1. The molecule has 7 heteroatoms. The van der Waals surface area contributed by atoms with E-state index in [0.717, 1.165) is 0 Å². The molecule has 0 atom stereocenters. The minimum atomic E-state index is -3.06. The van der Waals surface area contributed by atoms with E-state index >= 15 is 0 Å². The number of esters is 1. The number of rotatable bonds is 3. The van der Waals surface area contributed by atoms with Gasteiger partial charge < -0.3 is 14.9 Å². The van der Waals surface area contributed by atoms with E-state index in [-0.39, 0.29) is 0 Å². The van der Waals surface area contributed by atoms with E-state index < -0.39 is 29.0 Å². The maximum Gasteiger partial charge on any atom is 0.350 e. The highest BCUT2D eigenvalue weighted by Gasteiger charge is 2.53. The predicted molar refractivity (Wildman–Crippen MR) is 48.0 cm³/mol. The number of carbonyl (C=O) groups excluding carboxylic acids is 1. The Morgan fingerprint density at radius 1 is 1.07 bits per heavy atom. The monoisotopic (exact) mass is 219 g/mol. The van der Waals surface area contributed by atoms with Gasteiger partial charge in [-0.15, -0.1) is 0 Å². The zero-order valence-electron chi connectivity index (χ0n) is 8.60. The van der Waals surface area contributed by atoms with Crippen molar-refractivity contribution in [2.75, 3.05) is 0 Å². The van der Waals surface area contributed by atoms with Crippen LogP contribution in [0, 0.1) is 0 Å².